The van der Waals surface area contributed by atoms with Gasteiger partial charge in [0.15, 0.2) is 5.75 Å². The number of pyridine rings is 1. The van der Waals surface area contributed by atoms with Gasteiger partial charge in [-0.05, 0) is 28.9 Å². The van der Waals surface area contributed by atoms with Crippen LogP contribution >= 0.6 is 15.9 Å². The van der Waals surface area contributed by atoms with E-state index in [-0.39, 0.29) is 5.75 Å². The van der Waals surface area contributed by atoms with Gasteiger partial charge in [-0.3, -0.25) is 0 Å². The fourth-order valence-electron chi connectivity index (χ4n) is 0.875. The first-order valence-corrected chi connectivity index (χ1v) is 4.45. The summed E-state index contributed by atoms with van der Waals surface area (Å²) in [5.41, 5.74) is 1.16. The van der Waals surface area contributed by atoms with Gasteiger partial charge in [-0.1, -0.05) is 6.58 Å². The van der Waals surface area contributed by atoms with Gasteiger partial charge in [-0.15, -0.1) is 0 Å². The van der Waals surface area contributed by atoms with Crippen LogP contribution in [-0.2, 0) is 4.74 Å². The van der Waals surface area contributed by atoms with E-state index in [0.29, 0.717) is 21.6 Å². The van der Waals surface area contributed by atoms with Crippen molar-refractivity contribution in [1.82, 2.24) is 4.98 Å². The molecule has 0 aliphatic heterocycles. The minimum Gasteiger partial charge on any atom is -0.505 e. The molecule has 1 aromatic rings. The summed E-state index contributed by atoms with van der Waals surface area (Å²) in [5.74, 6) is 0.622. The molecular weight excluding hydrogens is 234 g/mol. The van der Waals surface area contributed by atoms with Gasteiger partial charge in [0.05, 0.1) is 17.3 Å². The zero-order chi connectivity index (χ0) is 10.0. The third-order valence-corrected chi connectivity index (χ3v) is 2.26. The molecule has 0 saturated carbocycles. The Bertz CT molecular complexity index is 326. The second-order valence-electron chi connectivity index (χ2n) is 2.55. The second kappa shape index (κ2) is 3.79. The van der Waals surface area contributed by atoms with Gasteiger partial charge in [-0.25, -0.2) is 4.98 Å². The molecule has 0 radical (unpaired) electrons. The Kier molecular flexibility index (Phi) is 2.93. The number of aromatic hydroxyl groups is 1. The Morgan fingerprint density at radius 3 is 2.77 bits per heavy atom. The highest BCUT2D eigenvalue weighted by atomic mass is 79.9. The van der Waals surface area contributed by atoms with Crippen LogP contribution in [0, 0.1) is 6.92 Å². The first-order chi connectivity index (χ1) is 6.06. The summed E-state index contributed by atoms with van der Waals surface area (Å²) in [5, 5.41) is 9.41. The molecule has 0 spiro atoms. The van der Waals surface area contributed by atoms with E-state index in [0.717, 1.165) is 0 Å². The lowest BCUT2D eigenvalue weighted by Crippen LogP contribution is -1.93. The highest BCUT2D eigenvalue weighted by Gasteiger charge is 2.08. The molecule has 0 bridgehead atoms. The third-order valence-electron chi connectivity index (χ3n) is 1.65. The van der Waals surface area contributed by atoms with Crippen molar-refractivity contribution in [3.8, 4) is 5.75 Å². The highest BCUT2D eigenvalue weighted by Crippen LogP contribution is 2.28. The minimum atomic E-state index is 0.146. The standard InChI is InChI=1S/C9H10BrNO2/c1-5-9(12)7(10)4-8(11-5)6(2)13-3/h4,12H,2H2,1,3H3. The molecule has 1 heterocycles. The molecule has 1 rings (SSSR count). The lowest BCUT2D eigenvalue weighted by Gasteiger charge is -2.06. The fourth-order valence-corrected chi connectivity index (χ4v) is 1.38. The van der Waals surface area contributed by atoms with E-state index < -0.39 is 0 Å². The number of halogens is 1. The van der Waals surface area contributed by atoms with Crippen LogP contribution in [0.5, 0.6) is 5.75 Å². The number of aromatic nitrogens is 1. The van der Waals surface area contributed by atoms with Crippen molar-refractivity contribution >= 4 is 21.7 Å². The van der Waals surface area contributed by atoms with Gasteiger partial charge in [0.1, 0.15) is 11.5 Å². The number of hydrogen-bond donors (Lipinski definition) is 1. The van der Waals surface area contributed by atoms with E-state index in [2.05, 4.69) is 27.5 Å². The van der Waals surface area contributed by atoms with Crippen molar-refractivity contribution in [2.75, 3.05) is 7.11 Å². The molecule has 0 aromatic carbocycles. The first kappa shape index (κ1) is 10.1. The van der Waals surface area contributed by atoms with Gasteiger partial charge in [0, 0.05) is 0 Å². The van der Waals surface area contributed by atoms with E-state index in [9.17, 15) is 5.11 Å². The van der Waals surface area contributed by atoms with Gasteiger partial charge in [0.25, 0.3) is 0 Å². The van der Waals surface area contributed by atoms with Crippen molar-refractivity contribution < 1.29 is 9.84 Å². The lowest BCUT2D eigenvalue weighted by atomic mass is 10.2. The van der Waals surface area contributed by atoms with Crippen LogP contribution in [-0.4, -0.2) is 17.2 Å². The topological polar surface area (TPSA) is 42.4 Å². The molecule has 13 heavy (non-hydrogen) atoms. The number of methoxy groups -OCH3 is 1. The predicted molar refractivity (Wildman–Crippen MR) is 54.4 cm³/mol. The monoisotopic (exact) mass is 243 g/mol. The van der Waals surface area contributed by atoms with Crippen molar-refractivity contribution in [3.05, 3.63) is 28.5 Å². The molecule has 3 nitrogen and oxygen atoms in total. The minimum absolute atomic E-state index is 0.146. The molecular formula is C9H10BrNO2. The summed E-state index contributed by atoms with van der Waals surface area (Å²) in [6.07, 6.45) is 0. The van der Waals surface area contributed by atoms with Crippen molar-refractivity contribution in [1.29, 1.82) is 0 Å². The van der Waals surface area contributed by atoms with Crippen molar-refractivity contribution in [3.63, 3.8) is 0 Å². The van der Waals surface area contributed by atoms with Crippen molar-refractivity contribution in [2.45, 2.75) is 6.92 Å². The van der Waals surface area contributed by atoms with Crippen LogP contribution in [0.1, 0.15) is 11.4 Å². The van der Waals surface area contributed by atoms with Crippen LogP contribution in [0.3, 0.4) is 0 Å². The van der Waals surface area contributed by atoms with Crippen LogP contribution in [0.15, 0.2) is 17.1 Å². The molecule has 0 atom stereocenters. The maximum absolute atomic E-state index is 9.41. The molecule has 0 amide bonds. The summed E-state index contributed by atoms with van der Waals surface area (Å²) in [4.78, 5) is 4.10. The average molecular weight is 244 g/mol. The number of nitrogens with zero attached hydrogens (tertiary/aromatic N) is 1. The molecule has 0 aliphatic carbocycles. The SMILES string of the molecule is C=C(OC)c1cc(Br)c(O)c(C)n1. The molecule has 70 valence electrons. The lowest BCUT2D eigenvalue weighted by molar-refractivity contribution is 0.369. The number of aryl methyl sites for hydroxylation is 1. The molecule has 0 fully saturated rings. The predicted octanol–water partition coefficient (Wildman–Crippen LogP) is 2.48. The van der Waals surface area contributed by atoms with E-state index >= 15 is 0 Å². The summed E-state index contributed by atoms with van der Waals surface area (Å²) >= 11 is 3.21. The Labute approximate surface area is 85.2 Å². The molecule has 1 N–H and O–H groups in total. The number of hydrogen-bond acceptors (Lipinski definition) is 3. The largest absolute Gasteiger partial charge is 0.505 e. The molecule has 4 heteroatoms. The van der Waals surface area contributed by atoms with E-state index in [1.165, 1.54) is 7.11 Å². The number of ether oxygens (including phenoxy) is 1. The number of rotatable bonds is 2. The molecule has 0 aliphatic rings. The zero-order valence-electron chi connectivity index (χ0n) is 7.47. The first-order valence-electron chi connectivity index (χ1n) is 3.65. The van der Waals surface area contributed by atoms with Crippen LogP contribution < -0.4 is 0 Å². The Morgan fingerprint density at radius 2 is 2.31 bits per heavy atom. The molecule has 0 saturated heterocycles. The van der Waals surface area contributed by atoms with Gasteiger partial charge < -0.3 is 9.84 Å². The van der Waals surface area contributed by atoms with Gasteiger partial charge in [-0.2, -0.15) is 0 Å². The zero-order valence-corrected chi connectivity index (χ0v) is 9.05. The smallest absolute Gasteiger partial charge is 0.150 e. The quantitative estimate of drug-likeness (QED) is 0.812. The molecule has 0 unspecified atom stereocenters. The average Bonchev–Trinajstić information content (AvgIpc) is 2.12. The summed E-state index contributed by atoms with van der Waals surface area (Å²) in [7, 11) is 1.53. The fraction of sp³-hybridized carbons (Fsp3) is 0.222. The van der Waals surface area contributed by atoms with Crippen LogP contribution in [0.25, 0.3) is 5.76 Å². The van der Waals surface area contributed by atoms with Crippen LogP contribution in [0.4, 0.5) is 0 Å². The Hall–Kier alpha value is -1.03. The van der Waals surface area contributed by atoms with E-state index in [1.54, 1.807) is 13.0 Å². The highest BCUT2D eigenvalue weighted by molar-refractivity contribution is 9.10. The second-order valence-corrected chi connectivity index (χ2v) is 3.40. The summed E-state index contributed by atoms with van der Waals surface area (Å²) in [6.45, 7) is 5.38. The summed E-state index contributed by atoms with van der Waals surface area (Å²) < 4.78 is 5.52. The maximum Gasteiger partial charge on any atom is 0.150 e. The normalized spacial score (nSPS) is 9.77. The summed E-state index contributed by atoms with van der Waals surface area (Å²) in [6, 6.07) is 1.66. The van der Waals surface area contributed by atoms with E-state index in [4.69, 9.17) is 4.74 Å². The van der Waals surface area contributed by atoms with Gasteiger partial charge in [0.2, 0.25) is 0 Å². The van der Waals surface area contributed by atoms with Crippen LogP contribution in [0.2, 0.25) is 0 Å². The molecule has 1 aromatic heterocycles. The third kappa shape index (κ3) is 2.01. The van der Waals surface area contributed by atoms with E-state index in [1.807, 2.05) is 0 Å². The Morgan fingerprint density at radius 1 is 1.69 bits per heavy atom. The van der Waals surface area contributed by atoms with Crippen molar-refractivity contribution in [2.24, 2.45) is 0 Å². The maximum atomic E-state index is 9.41. The van der Waals surface area contributed by atoms with Gasteiger partial charge >= 0.3 is 0 Å². The Balaban J connectivity index is 3.20.